The van der Waals surface area contributed by atoms with Gasteiger partial charge in [-0.05, 0) is 45.1 Å². The van der Waals surface area contributed by atoms with Gasteiger partial charge in [0.1, 0.15) is 5.52 Å². The third-order valence-corrected chi connectivity index (χ3v) is 5.32. The van der Waals surface area contributed by atoms with Gasteiger partial charge in [-0.1, -0.05) is 0 Å². The molecule has 1 aromatic carbocycles. The zero-order valence-corrected chi connectivity index (χ0v) is 13.5. The van der Waals surface area contributed by atoms with Gasteiger partial charge in [0.15, 0.2) is 0 Å². The SMILES string of the molecule is CN(Cc1csc(Br)c1)c1ccc2scnc2c1N. The molecule has 0 radical (unpaired) electrons. The van der Waals surface area contributed by atoms with Crippen LogP contribution in [0.15, 0.2) is 32.9 Å². The second-order valence-electron chi connectivity index (χ2n) is 4.31. The number of hydrogen-bond acceptors (Lipinski definition) is 5. The van der Waals surface area contributed by atoms with E-state index in [2.05, 4.69) is 56.4 Å². The van der Waals surface area contributed by atoms with Gasteiger partial charge in [-0.2, -0.15) is 0 Å². The Kier molecular flexibility index (Phi) is 3.47. The number of nitrogens with two attached hydrogens (primary N) is 1. The molecule has 0 bridgehead atoms. The lowest BCUT2D eigenvalue weighted by molar-refractivity contribution is 0.930. The summed E-state index contributed by atoms with van der Waals surface area (Å²) in [5, 5.41) is 2.15. The monoisotopic (exact) mass is 353 g/mol. The molecule has 0 unspecified atom stereocenters. The van der Waals surface area contributed by atoms with E-state index >= 15 is 0 Å². The lowest BCUT2D eigenvalue weighted by Gasteiger charge is -2.20. The van der Waals surface area contributed by atoms with Crippen LogP contribution in [-0.4, -0.2) is 12.0 Å². The summed E-state index contributed by atoms with van der Waals surface area (Å²) >= 11 is 6.80. The molecule has 0 saturated carbocycles. The first kappa shape index (κ1) is 12.9. The summed E-state index contributed by atoms with van der Waals surface area (Å²) in [6.07, 6.45) is 0. The predicted molar refractivity (Wildman–Crippen MR) is 88.2 cm³/mol. The minimum Gasteiger partial charge on any atom is -0.395 e. The molecular weight excluding hydrogens is 342 g/mol. The van der Waals surface area contributed by atoms with E-state index in [0.29, 0.717) is 0 Å². The highest BCUT2D eigenvalue weighted by Gasteiger charge is 2.11. The van der Waals surface area contributed by atoms with Crippen LogP contribution >= 0.6 is 38.6 Å². The number of rotatable bonds is 3. The Labute approximate surface area is 127 Å². The smallest absolute Gasteiger partial charge is 0.106 e. The quantitative estimate of drug-likeness (QED) is 0.712. The van der Waals surface area contributed by atoms with Gasteiger partial charge < -0.3 is 10.6 Å². The van der Waals surface area contributed by atoms with Crippen LogP contribution in [0.5, 0.6) is 0 Å². The first-order valence-electron chi connectivity index (χ1n) is 5.71. The normalized spacial score (nSPS) is 11.1. The van der Waals surface area contributed by atoms with E-state index in [4.69, 9.17) is 5.73 Å². The molecule has 3 nitrogen and oxygen atoms in total. The zero-order valence-electron chi connectivity index (χ0n) is 10.3. The third-order valence-electron chi connectivity index (χ3n) is 2.97. The molecule has 0 aliphatic heterocycles. The summed E-state index contributed by atoms with van der Waals surface area (Å²) in [5.41, 5.74) is 12.0. The Balaban J connectivity index is 1.92. The van der Waals surface area contributed by atoms with Crippen LogP contribution in [0, 0.1) is 0 Å². The molecule has 0 amide bonds. The molecule has 0 atom stereocenters. The number of benzene rings is 1. The molecule has 2 heterocycles. The minimum absolute atomic E-state index is 0.760. The first-order valence-corrected chi connectivity index (χ1v) is 8.26. The number of aromatic nitrogens is 1. The molecule has 2 N–H and O–H groups in total. The highest BCUT2D eigenvalue weighted by atomic mass is 79.9. The number of hydrogen-bond donors (Lipinski definition) is 1. The van der Waals surface area contributed by atoms with Crippen molar-refractivity contribution in [2.75, 3.05) is 17.7 Å². The molecule has 19 heavy (non-hydrogen) atoms. The fourth-order valence-electron chi connectivity index (χ4n) is 2.06. The van der Waals surface area contributed by atoms with Gasteiger partial charge in [0.2, 0.25) is 0 Å². The first-order chi connectivity index (χ1) is 9.15. The number of nitrogen functional groups attached to an aromatic ring is 1. The number of fused-ring (bicyclic) bond motifs is 1. The van der Waals surface area contributed by atoms with Crippen molar-refractivity contribution in [3.05, 3.63) is 38.4 Å². The van der Waals surface area contributed by atoms with Gasteiger partial charge in [-0.15, -0.1) is 22.7 Å². The van der Waals surface area contributed by atoms with E-state index in [9.17, 15) is 0 Å². The highest BCUT2D eigenvalue weighted by molar-refractivity contribution is 9.11. The summed E-state index contributed by atoms with van der Waals surface area (Å²) < 4.78 is 2.28. The summed E-state index contributed by atoms with van der Waals surface area (Å²) in [6.45, 7) is 0.835. The summed E-state index contributed by atoms with van der Waals surface area (Å²) in [5.74, 6) is 0. The summed E-state index contributed by atoms with van der Waals surface area (Å²) in [7, 11) is 2.05. The average Bonchev–Trinajstić information content (AvgIpc) is 2.99. The number of thiophene rings is 1. The fourth-order valence-corrected chi connectivity index (χ4v) is 3.95. The second-order valence-corrected chi connectivity index (χ2v) is 7.49. The van der Waals surface area contributed by atoms with E-state index in [1.165, 1.54) is 5.56 Å². The lowest BCUT2D eigenvalue weighted by atomic mass is 10.2. The van der Waals surface area contributed by atoms with E-state index in [1.807, 2.05) is 5.51 Å². The second kappa shape index (κ2) is 5.11. The van der Waals surface area contributed by atoms with Crippen LogP contribution in [0.25, 0.3) is 10.2 Å². The summed E-state index contributed by atoms with van der Waals surface area (Å²) in [4.78, 5) is 6.49. The average molecular weight is 354 g/mol. The van der Waals surface area contributed by atoms with Crippen molar-refractivity contribution in [2.24, 2.45) is 0 Å². The Bertz CT molecular complexity index is 720. The number of halogens is 1. The largest absolute Gasteiger partial charge is 0.395 e. The maximum atomic E-state index is 6.22. The molecule has 0 spiro atoms. The number of thiazole rings is 1. The molecule has 0 aliphatic rings. The van der Waals surface area contributed by atoms with Crippen LogP contribution in [0.4, 0.5) is 11.4 Å². The van der Waals surface area contributed by atoms with E-state index < -0.39 is 0 Å². The van der Waals surface area contributed by atoms with E-state index in [-0.39, 0.29) is 0 Å². The maximum Gasteiger partial charge on any atom is 0.106 e. The Morgan fingerprint density at radius 3 is 2.95 bits per heavy atom. The molecule has 2 aromatic heterocycles. The molecule has 3 aromatic rings. The standard InChI is InChI=1S/C13H12BrN3S2/c1-17(5-8-4-11(14)18-6-8)9-2-3-10-13(12(9)15)16-7-19-10/h2-4,6-7H,5,15H2,1H3. The third kappa shape index (κ3) is 2.48. The van der Waals surface area contributed by atoms with Gasteiger partial charge in [-0.25, -0.2) is 4.98 Å². The van der Waals surface area contributed by atoms with Gasteiger partial charge in [-0.3, -0.25) is 0 Å². The van der Waals surface area contributed by atoms with E-state index in [1.54, 1.807) is 22.7 Å². The summed E-state index contributed by atoms with van der Waals surface area (Å²) in [6, 6.07) is 6.29. The van der Waals surface area contributed by atoms with Crippen molar-refractivity contribution in [2.45, 2.75) is 6.54 Å². The zero-order chi connectivity index (χ0) is 13.4. The van der Waals surface area contributed by atoms with Crippen molar-refractivity contribution in [1.29, 1.82) is 0 Å². The lowest BCUT2D eigenvalue weighted by Crippen LogP contribution is -2.17. The maximum absolute atomic E-state index is 6.22. The molecule has 98 valence electrons. The van der Waals surface area contributed by atoms with Gasteiger partial charge in [0, 0.05) is 13.6 Å². The van der Waals surface area contributed by atoms with Crippen LogP contribution in [0.2, 0.25) is 0 Å². The molecule has 0 saturated heterocycles. The predicted octanol–water partition coefficient (Wildman–Crippen LogP) is 4.34. The van der Waals surface area contributed by atoms with Crippen molar-refractivity contribution in [3.8, 4) is 0 Å². The number of nitrogens with zero attached hydrogens (tertiary/aromatic N) is 2. The van der Waals surface area contributed by atoms with Crippen LogP contribution in [0.3, 0.4) is 0 Å². The fraction of sp³-hybridized carbons (Fsp3) is 0.154. The molecule has 6 heteroatoms. The van der Waals surface area contributed by atoms with Gasteiger partial charge >= 0.3 is 0 Å². The Morgan fingerprint density at radius 2 is 2.21 bits per heavy atom. The number of anilines is 2. The van der Waals surface area contributed by atoms with Crippen LogP contribution in [-0.2, 0) is 6.54 Å². The van der Waals surface area contributed by atoms with Crippen molar-refractivity contribution >= 4 is 60.2 Å². The van der Waals surface area contributed by atoms with Crippen molar-refractivity contribution < 1.29 is 0 Å². The van der Waals surface area contributed by atoms with Crippen LogP contribution in [0.1, 0.15) is 5.56 Å². The van der Waals surface area contributed by atoms with Gasteiger partial charge in [0.05, 0.1) is 25.4 Å². The van der Waals surface area contributed by atoms with Gasteiger partial charge in [0.25, 0.3) is 0 Å². The topological polar surface area (TPSA) is 42.2 Å². The molecule has 0 fully saturated rings. The van der Waals surface area contributed by atoms with Crippen molar-refractivity contribution in [3.63, 3.8) is 0 Å². The Hall–Kier alpha value is -1.11. The minimum atomic E-state index is 0.760. The van der Waals surface area contributed by atoms with E-state index in [0.717, 1.165) is 31.9 Å². The molecule has 0 aliphatic carbocycles. The molecule has 3 rings (SSSR count). The molecular formula is C13H12BrN3S2. The Morgan fingerprint density at radius 1 is 1.37 bits per heavy atom. The van der Waals surface area contributed by atoms with Crippen molar-refractivity contribution in [1.82, 2.24) is 4.98 Å². The highest BCUT2D eigenvalue weighted by Crippen LogP contribution is 2.33. The van der Waals surface area contributed by atoms with Crippen LogP contribution < -0.4 is 10.6 Å².